The molecule has 0 aromatic carbocycles. The Bertz CT molecular complexity index is 141. The van der Waals surface area contributed by atoms with Crippen LogP contribution in [0.4, 0.5) is 0 Å². The Hall–Kier alpha value is 1.26. The molecule has 5 heteroatoms. The molecule has 0 radical (unpaired) electrons. The Balaban J connectivity index is 0. The zero-order valence-corrected chi connectivity index (χ0v) is 9.38. The topological polar surface area (TPSA) is 46.2 Å². The van der Waals surface area contributed by atoms with Gasteiger partial charge in [-0.1, -0.05) is 0 Å². The normalized spacial score (nSPS) is 13.8. The zero-order valence-electron chi connectivity index (χ0n) is 4.77. The Morgan fingerprint density at radius 3 is 1.56 bits per heavy atom. The average molecular weight is 244 g/mol. The zero-order chi connectivity index (χ0) is 5.28. The summed E-state index contributed by atoms with van der Waals surface area (Å²) in [5.74, 6) is -0.657. The van der Waals surface area contributed by atoms with Crippen LogP contribution in [0, 0.1) is 0 Å². The quantitative estimate of drug-likeness (QED) is 0.351. The molecule has 0 aromatic rings. The third kappa shape index (κ3) is 4.63. The molecule has 1 heterocycles. The minimum absolute atomic E-state index is 0. The molecule has 1 N–H and O–H groups in total. The van der Waals surface area contributed by atoms with Crippen molar-refractivity contribution in [2.75, 3.05) is 0 Å². The number of carbonyl (C=O) groups excluding carboxylic acids is 2. The van der Waals surface area contributed by atoms with Gasteiger partial charge >= 0.3 is 73.8 Å². The maximum atomic E-state index is 10.0. The third-order valence-electron chi connectivity index (χ3n) is 0.632. The number of imide groups is 1. The molecule has 46 valence electrons. The van der Waals surface area contributed by atoms with Crippen molar-refractivity contribution in [2.45, 2.75) is 0 Å². The van der Waals surface area contributed by atoms with Crippen LogP contribution in [0.1, 0.15) is 0 Å². The summed E-state index contributed by atoms with van der Waals surface area (Å²) in [5, 5.41) is 2.03. The van der Waals surface area contributed by atoms with Crippen LogP contribution in [0.3, 0.4) is 0 Å². The molecule has 0 aromatic heterocycles. The molecule has 0 aliphatic carbocycles. The first-order valence-electron chi connectivity index (χ1n) is 1.82. The maximum Gasteiger partial charge on any atom is 1.00 e. The van der Waals surface area contributed by atoms with Crippen LogP contribution in [0.15, 0.2) is 12.2 Å². The van der Waals surface area contributed by atoms with Crippen LogP contribution in [0.25, 0.3) is 0 Å². The molecular formula is C4H3AgKNO2+2. The van der Waals surface area contributed by atoms with Gasteiger partial charge in [-0.15, -0.1) is 0 Å². The molecule has 0 bridgehead atoms. The Kier molecular flexibility index (Phi) is 8.59. The minimum Gasteiger partial charge on any atom is -0.289 e. The van der Waals surface area contributed by atoms with E-state index in [1.165, 1.54) is 12.2 Å². The molecule has 1 rings (SSSR count). The number of rotatable bonds is 0. The molecule has 0 saturated carbocycles. The van der Waals surface area contributed by atoms with E-state index in [1.54, 1.807) is 0 Å². The van der Waals surface area contributed by atoms with Crippen LogP contribution in [-0.2, 0) is 32.0 Å². The Morgan fingerprint density at radius 2 is 1.44 bits per heavy atom. The van der Waals surface area contributed by atoms with Crippen molar-refractivity contribution in [3.05, 3.63) is 12.2 Å². The van der Waals surface area contributed by atoms with Gasteiger partial charge in [-0.05, 0) is 0 Å². The van der Waals surface area contributed by atoms with Crippen molar-refractivity contribution >= 4 is 11.8 Å². The summed E-state index contributed by atoms with van der Waals surface area (Å²) >= 11 is 0. The van der Waals surface area contributed by atoms with E-state index in [9.17, 15) is 9.59 Å². The van der Waals surface area contributed by atoms with Gasteiger partial charge in [0.1, 0.15) is 0 Å². The summed E-state index contributed by atoms with van der Waals surface area (Å²) in [6.07, 6.45) is 2.39. The van der Waals surface area contributed by atoms with Gasteiger partial charge in [0, 0.05) is 12.2 Å². The van der Waals surface area contributed by atoms with E-state index in [2.05, 4.69) is 0 Å². The Labute approximate surface area is 111 Å². The third-order valence-corrected chi connectivity index (χ3v) is 0.632. The summed E-state index contributed by atoms with van der Waals surface area (Å²) < 4.78 is 0. The van der Waals surface area contributed by atoms with Crippen molar-refractivity contribution in [1.29, 1.82) is 0 Å². The maximum absolute atomic E-state index is 10.0. The van der Waals surface area contributed by atoms with Crippen LogP contribution >= 0.6 is 0 Å². The summed E-state index contributed by atoms with van der Waals surface area (Å²) in [6, 6.07) is 0. The molecule has 3 nitrogen and oxygen atoms in total. The monoisotopic (exact) mass is 243 g/mol. The first kappa shape index (κ1) is 12.9. The average Bonchev–Trinajstić information content (AvgIpc) is 1.87. The van der Waals surface area contributed by atoms with E-state index in [-0.39, 0.29) is 85.6 Å². The molecule has 0 unspecified atom stereocenters. The second-order valence-corrected chi connectivity index (χ2v) is 1.19. The summed E-state index contributed by atoms with van der Waals surface area (Å²) in [6.45, 7) is 0. The van der Waals surface area contributed by atoms with E-state index < -0.39 is 0 Å². The van der Waals surface area contributed by atoms with Crippen molar-refractivity contribution < 1.29 is 83.4 Å². The van der Waals surface area contributed by atoms with Crippen LogP contribution in [-0.4, -0.2) is 11.8 Å². The molecule has 1 aliphatic heterocycles. The van der Waals surface area contributed by atoms with Gasteiger partial charge < -0.3 is 0 Å². The fourth-order valence-corrected chi connectivity index (χ4v) is 0.356. The number of hydrogen-bond acceptors (Lipinski definition) is 2. The predicted octanol–water partition coefficient (Wildman–Crippen LogP) is -3.80. The number of amides is 2. The second-order valence-electron chi connectivity index (χ2n) is 1.19. The van der Waals surface area contributed by atoms with Crippen molar-refractivity contribution in [2.24, 2.45) is 0 Å². The van der Waals surface area contributed by atoms with E-state index in [0.717, 1.165) is 0 Å². The van der Waals surface area contributed by atoms with Crippen LogP contribution < -0.4 is 56.7 Å². The predicted molar refractivity (Wildman–Crippen MR) is 22.3 cm³/mol. The fraction of sp³-hybridized carbons (Fsp3) is 0. The summed E-state index contributed by atoms with van der Waals surface area (Å²) in [4.78, 5) is 20.1. The first-order valence-corrected chi connectivity index (χ1v) is 1.82. The second kappa shape index (κ2) is 6.00. The summed E-state index contributed by atoms with van der Waals surface area (Å²) in [5.41, 5.74) is 0. The molecule has 0 spiro atoms. The molecule has 2 amide bonds. The molecule has 1 aliphatic rings. The van der Waals surface area contributed by atoms with Gasteiger partial charge in [-0.3, -0.25) is 14.9 Å². The van der Waals surface area contributed by atoms with Gasteiger partial charge in [-0.25, -0.2) is 0 Å². The molecule has 0 fully saturated rings. The van der Waals surface area contributed by atoms with E-state index in [1.807, 2.05) is 5.32 Å². The van der Waals surface area contributed by atoms with Gasteiger partial charge in [-0.2, -0.15) is 0 Å². The molecular weight excluding hydrogens is 241 g/mol. The van der Waals surface area contributed by atoms with E-state index in [0.29, 0.717) is 0 Å². The van der Waals surface area contributed by atoms with Crippen molar-refractivity contribution in [1.82, 2.24) is 5.32 Å². The minimum atomic E-state index is -0.329. The number of nitrogens with one attached hydrogen (secondary N) is 1. The first-order chi connectivity index (χ1) is 3.29. The molecule has 0 atom stereocenters. The SMILES string of the molecule is O=C1C=CC(=O)N1.[Ag+].[K+]. The van der Waals surface area contributed by atoms with Crippen molar-refractivity contribution in [3.63, 3.8) is 0 Å². The Morgan fingerprint density at radius 1 is 1.11 bits per heavy atom. The van der Waals surface area contributed by atoms with Gasteiger partial charge in [0.15, 0.2) is 0 Å². The standard InChI is InChI=1S/C4H3NO2.Ag.K/c6-3-1-2-4(7)5-3;;/h1-2H,(H,5,6,7);;/q;2*+1. The van der Waals surface area contributed by atoms with Gasteiger partial charge in [0.25, 0.3) is 11.8 Å². The number of hydrogen-bond donors (Lipinski definition) is 1. The fourth-order valence-electron chi connectivity index (χ4n) is 0.356. The largest absolute Gasteiger partial charge is 1.00 e. The van der Waals surface area contributed by atoms with E-state index >= 15 is 0 Å². The van der Waals surface area contributed by atoms with Crippen molar-refractivity contribution in [3.8, 4) is 0 Å². The number of carbonyl (C=O) groups is 2. The van der Waals surface area contributed by atoms with Crippen LogP contribution in [0.5, 0.6) is 0 Å². The molecule has 0 saturated heterocycles. The smallest absolute Gasteiger partial charge is 0.289 e. The summed E-state index contributed by atoms with van der Waals surface area (Å²) in [7, 11) is 0. The van der Waals surface area contributed by atoms with E-state index in [4.69, 9.17) is 0 Å². The van der Waals surface area contributed by atoms with Gasteiger partial charge in [0.05, 0.1) is 0 Å². The van der Waals surface area contributed by atoms with Gasteiger partial charge in [0.2, 0.25) is 0 Å². The molecule has 9 heavy (non-hydrogen) atoms. The van der Waals surface area contributed by atoms with Crippen LogP contribution in [0.2, 0.25) is 0 Å².